The van der Waals surface area contributed by atoms with E-state index in [1.165, 1.54) is 26.9 Å². The summed E-state index contributed by atoms with van der Waals surface area (Å²) >= 11 is 7.33. The van der Waals surface area contributed by atoms with Crippen LogP contribution in [0.15, 0.2) is 91.1 Å². The van der Waals surface area contributed by atoms with E-state index in [1.807, 2.05) is 60.7 Å². The van der Waals surface area contributed by atoms with Gasteiger partial charge in [0.1, 0.15) is 35.6 Å². The second-order valence-corrected chi connectivity index (χ2v) is 16.3. The van der Waals surface area contributed by atoms with Crippen LogP contribution >= 0.6 is 31.9 Å². The standard InChI is InChI=1S/2C22H24BrN3O4/c2*1-28-17(27)10-6-12-26-11-5-9-16(13-26)29-21-18-19(23)20(15-7-3-2-4-8-15)30-22(18)25-14-24-21/h2*2-4,7-8,14,16H,5-6,9-13H2,1H3/t2*16-/m10/s1. The van der Waals surface area contributed by atoms with Crippen LogP contribution in [0.25, 0.3) is 44.8 Å². The molecular weight excluding hydrogens is 900 g/mol. The fourth-order valence-corrected chi connectivity index (χ4v) is 8.81. The van der Waals surface area contributed by atoms with Gasteiger partial charge in [0.15, 0.2) is 11.5 Å². The summed E-state index contributed by atoms with van der Waals surface area (Å²) in [6.07, 6.45) is 9.44. The van der Waals surface area contributed by atoms with Crippen LogP contribution in [0.5, 0.6) is 11.8 Å². The normalized spacial score (nSPS) is 17.2. The van der Waals surface area contributed by atoms with Crippen molar-refractivity contribution in [3.63, 3.8) is 0 Å². The van der Waals surface area contributed by atoms with Crippen molar-refractivity contribution >= 4 is 66.0 Å². The first-order valence-electron chi connectivity index (χ1n) is 20.2. The fourth-order valence-electron chi connectivity index (χ4n) is 7.52. The number of piperidine rings is 2. The Morgan fingerprint density at radius 1 is 0.650 bits per heavy atom. The van der Waals surface area contributed by atoms with Crippen LogP contribution in [0.3, 0.4) is 0 Å². The predicted octanol–water partition coefficient (Wildman–Crippen LogP) is 8.90. The molecule has 2 aromatic carbocycles. The van der Waals surface area contributed by atoms with Crippen LogP contribution in [-0.2, 0) is 19.1 Å². The van der Waals surface area contributed by atoms with E-state index in [2.05, 4.69) is 61.6 Å². The Morgan fingerprint density at radius 2 is 1.07 bits per heavy atom. The molecule has 2 atom stereocenters. The minimum absolute atomic E-state index is 0.0250. The van der Waals surface area contributed by atoms with Gasteiger partial charge in [-0.05, 0) is 96.6 Å². The number of fused-ring (bicyclic) bond motifs is 2. The van der Waals surface area contributed by atoms with Crippen molar-refractivity contribution in [3.8, 4) is 34.4 Å². The van der Waals surface area contributed by atoms with Crippen LogP contribution in [0.1, 0.15) is 51.4 Å². The molecule has 0 unspecified atom stereocenters. The highest BCUT2D eigenvalue weighted by atomic mass is 79.9. The molecule has 0 radical (unpaired) electrons. The molecule has 14 nitrogen and oxygen atoms in total. The molecule has 2 fully saturated rings. The lowest BCUT2D eigenvalue weighted by Gasteiger charge is -2.32. The zero-order chi connectivity index (χ0) is 41.8. The molecule has 2 saturated heterocycles. The van der Waals surface area contributed by atoms with Gasteiger partial charge in [0.2, 0.25) is 23.2 Å². The molecule has 4 aromatic heterocycles. The summed E-state index contributed by atoms with van der Waals surface area (Å²) < 4.78 is 35.6. The molecular formula is C44H48Br2N6O8. The first-order valence-corrected chi connectivity index (χ1v) is 21.8. The number of hydrogen-bond acceptors (Lipinski definition) is 14. The minimum Gasteiger partial charge on any atom is -0.472 e. The molecule has 2 aliphatic heterocycles. The Balaban J connectivity index is 0.000000181. The average molecular weight is 949 g/mol. The van der Waals surface area contributed by atoms with Gasteiger partial charge in [0, 0.05) is 37.1 Å². The zero-order valence-corrected chi connectivity index (χ0v) is 36.9. The van der Waals surface area contributed by atoms with Gasteiger partial charge in [-0.3, -0.25) is 19.4 Å². The molecule has 316 valence electrons. The van der Waals surface area contributed by atoms with Crippen LogP contribution < -0.4 is 9.47 Å². The number of rotatable bonds is 14. The van der Waals surface area contributed by atoms with Crippen molar-refractivity contribution in [1.29, 1.82) is 0 Å². The topological polar surface area (TPSA) is 155 Å². The van der Waals surface area contributed by atoms with Crippen LogP contribution in [-0.4, -0.2) is 107 Å². The Kier molecular flexibility index (Phi) is 15.2. The first-order chi connectivity index (χ1) is 29.3. The number of ether oxygens (including phenoxy) is 4. The number of nitrogens with zero attached hydrogens (tertiary/aromatic N) is 6. The molecule has 0 bridgehead atoms. The molecule has 6 aromatic rings. The summed E-state index contributed by atoms with van der Waals surface area (Å²) in [5.41, 5.74) is 2.92. The number of halogens is 2. The Morgan fingerprint density at radius 3 is 1.47 bits per heavy atom. The number of methoxy groups -OCH3 is 2. The Bertz CT molecular complexity index is 2180. The lowest BCUT2D eigenvalue weighted by Crippen LogP contribution is -2.41. The third-order valence-corrected chi connectivity index (χ3v) is 12.0. The monoisotopic (exact) mass is 946 g/mol. The van der Waals surface area contributed by atoms with Crippen molar-refractivity contribution < 1.29 is 37.4 Å². The highest BCUT2D eigenvalue weighted by Crippen LogP contribution is 2.42. The van der Waals surface area contributed by atoms with Gasteiger partial charge < -0.3 is 27.8 Å². The Hall–Kier alpha value is -4.90. The third-order valence-electron chi connectivity index (χ3n) is 10.5. The summed E-state index contributed by atoms with van der Waals surface area (Å²) in [6.45, 7) is 5.31. The van der Waals surface area contributed by atoms with E-state index in [9.17, 15) is 9.59 Å². The minimum atomic E-state index is -0.165. The van der Waals surface area contributed by atoms with E-state index in [1.54, 1.807) is 0 Å². The maximum Gasteiger partial charge on any atom is 0.305 e. The molecule has 2 aliphatic rings. The summed E-state index contributed by atoms with van der Waals surface area (Å²) in [5, 5.41) is 1.50. The second-order valence-electron chi connectivity index (χ2n) is 14.7. The van der Waals surface area contributed by atoms with Gasteiger partial charge in [-0.15, -0.1) is 0 Å². The number of aromatic nitrogens is 4. The van der Waals surface area contributed by atoms with Gasteiger partial charge in [-0.1, -0.05) is 60.7 Å². The van der Waals surface area contributed by atoms with Gasteiger partial charge in [0.05, 0.1) is 23.2 Å². The number of likely N-dealkylation sites (tertiary alicyclic amines) is 2. The second kappa shape index (κ2) is 21.1. The van der Waals surface area contributed by atoms with Crippen LogP contribution in [0.2, 0.25) is 0 Å². The average Bonchev–Trinajstić information content (AvgIpc) is 3.81. The first kappa shape index (κ1) is 43.2. The highest BCUT2D eigenvalue weighted by Gasteiger charge is 2.27. The number of furan rings is 2. The summed E-state index contributed by atoms with van der Waals surface area (Å²) in [4.78, 5) is 44.6. The quantitative estimate of drug-likeness (QED) is 0.0955. The van der Waals surface area contributed by atoms with Crippen molar-refractivity contribution in [3.05, 3.63) is 82.3 Å². The number of carbonyl (C=O) groups is 2. The van der Waals surface area contributed by atoms with Crippen LogP contribution in [0, 0.1) is 0 Å². The van der Waals surface area contributed by atoms with Crippen molar-refractivity contribution in [2.75, 3.05) is 53.5 Å². The van der Waals surface area contributed by atoms with Crippen molar-refractivity contribution in [2.45, 2.75) is 63.6 Å². The lowest BCUT2D eigenvalue weighted by atomic mass is 10.1. The van der Waals surface area contributed by atoms with Crippen molar-refractivity contribution in [2.24, 2.45) is 0 Å². The maximum atomic E-state index is 11.3. The van der Waals surface area contributed by atoms with Crippen LogP contribution in [0.4, 0.5) is 0 Å². The van der Waals surface area contributed by atoms with E-state index in [4.69, 9.17) is 27.8 Å². The Labute approximate surface area is 365 Å². The molecule has 16 heteroatoms. The van der Waals surface area contributed by atoms with E-state index < -0.39 is 0 Å². The smallest absolute Gasteiger partial charge is 0.305 e. The van der Waals surface area contributed by atoms with E-state index in [-0.39, 0.29) is 24.1 Å². The number of benzene rings is 2. The van der Waals surface area contributed by atoms with Gasteiger partial charge in [-0.2, -0.15) is 0 Å². The van der Waals surface area contributed by atoms with E-state index in [0.29, 0.717) is 47.5 Å². The molecule has 60 heavy (non-hydrogen) atoms. The molecule has 8 rings (SSSR count). The van der Waals surface area contributed by atoms with E-state index in [0.717, 1.165) is 109 Å². The number of esters is 2. The zero-order valence-electron chi connectivity index (χ0n) is 33.7. The molecule has 0 N–H and O–H groups in total. The highest BCUT2D eigenvalue weighted by molar-refractivity contribution is 9.11. The van der Waals surface area contributed by atoms with E-state index >= 15 is 0 Å². The maximum absolute atomic E-state index is 11.3. The number of carbonyl (C=O) groups excluding carboxylic acids is 2. The predicted molar refractivity (Wildman–Crippen MR) is 233 cm³/mol. The fraction of sp³-hybridized carbons (Fsp3) is 0.409. The molecule has 6 heterocycles. The lowest BCUT2D eigenvalue weighted by molar-refractivity contribution is -0.141. The summed E-state index contributed by atoms with van der Waals surface area (Å²) in [5.74, 6) is 2.15. The molecule has 0 aliphatic carbocycles. The van der Waals surface area contributed by atoms with Gasteiger partial charge in [0.25, 0.3) is 0 Å². The molecule has 0 spiro atoms. The molecule has 0 amide bonds. The number of hydrogen-bond donors (Lipinski definition) is 0. The SMILES string of the molecule is COC(=O)CCCN1CCC[C@@H](Oc2ncnc3oc(-c4ccccc4)c(Br)c23)C1.COC(=O)CCCN1CCC[C@H](Oc2ncnc3oc(-c4ccccc4)c(Br)c23)C1. The van der Waals surface area contributed by atoms with Gasteiger partial charge >= 0.3 is 11.9 Å². The van der Waals surface area contributed by atoms with Crippen molar-refractivity contribution in [1.82, 2.24) is 29.7 Å². The van der Waals surface area contributed by atoms with Gasteiger partial charge in [-0.25, -0.2) is 19.9 Å². The largest absolute Gasteiger partial charge is 0.472 e. The summed E-state index contributed by atoms with van der Waals surface area (Å²) in [7, 11) is 2.85. The third kappa shape index (κ3) is 10.9. The molecule has 0 saturated carbocycles. The summed E-state index contributed by atoms with van der Waals surface area (Å²) in [6, 6.07) is 19.8.